The second kappa shape index (κ2) is 5.37. The number of aryl methyl sites for hydroxylation is 1. The summed E-state index contributed by atoms with van der Waals surface area (Å²) in [6, 6.07) is 10.4. The minimum Gasteiger partial charge on any atom is -0.386 e. The molecule has 4 nitrogen and oxygen atoms in total. The van der Waals surface area contributed by atoms with Crippen molar-refractivity contribution >= 4 is 0 Å². The summed E-state index contributed by atoms with van der Waals surface area (Å²) in [5, 5.41) is 19.0. The zero-order chi connectivity index (χ0) is 14.0. The number of aliphatic hydroxyl groups is 1. The maximum Gasteiger partial charge on any atom is 0.107 e. The fourth-order valence-electron chi connectivity index (χ4n) is 3.19. The van der Waals surface area contributed by atoms with E-state index in [2.05, 4.69) is 29.4 Å². The summed E-state index contributed by atoms with van der Waals surface area (Å²) in [6.45, 7) is 2.91. The average molecular weight is 271 g/mol. The van der Waals surface area contributed by atoms with E-state index in [1.807, 2.05) is 22.9 Å². The van der Waals surface area contributed by atoms with E-state index in [1.165, 1.54) is 12.0 Å². The Kier molecular flexibility index (Phi) is 3.57. The third kappa shape index (κ3) is 2.04. The van der Waals surface area contributed by atoms with Gasteiger partial charge < -0.3 is 5.11 Å². The van der Waals surface area contributed by atoms with Gasteiger partial charge in [0.15, 0.2) is 0 Å². The molecular formula is C16H21N3O. The van der Waals surface area contributed by atoms with Gasteiger partial charge in [0.25, 0.3) is 0 Å². The van der Waals surface area contributed by atoms with E-state index in [0.717, 1.165) is 31.5 Å². The van der Waals surface area contributed by atoms with Crippen LogP contribution in [0, 0.1) is 0 Å². The molecule has 4 heteroatoms. The minimum absolute atomic E-state index is 0.158. The van der Waals surface area contributed by atoms with Crippen LogP contribution in [-0.4, -0.2) is 20.1 Å². The Bertz CT molecular complexity index is 560. The number of aromatic nitrogens is 3. The predicted octanol–water partition coefficient (Wildman–Crippen LogP) is 2.84. The smallest absolute Gasteiger partial charge is 0.107 e. The van der Waals surface area contributed by atoms with Crippen LogP contribution in [0.25, 0.3) is 0 Å². The Morgan fingerprint density at radius 1 is 1.30 bits per heavy atom. The molecule has 0 radical (unpaired) electrons. The molecule has 0 aliphatic heterocycles. The van der Waals surface area contributed by atoms with Crippen LogP contribution < -0.4 is 0 Å². The zero-order valence-corrected chi connectivity index (χ0v) is 11.9. The van der Waals surface area contributed by atoms with Gasteiger partial charge in [0.1, 0.15) is 6.10 Å². The lowest BCUT2D eigenvalue weighted by atomic mass is 9.60. The molecule has 1 fully saturated rings. The van der Waals surface area contributed by atoms with E-state index < -0.39 is 6.10 Å². The third-order valence-electron chi connectivity index (χ3n) is 4.48. The lowest BCUT2D eigenvalue weighted by Gasteiger charge is -2.46. The molecule has 1 aliphatic carbocycles. The van der Waals surface area contributed by atoms with Crippen molar-refractivity contribution in [3.63, 3.8) is 0 Å². The first kappa shape index (κ1) is 13.3. The van der Waals surface area contributed by atoms with Crippen LogP contribution in [0.1, 0.15) is 50.0 Å². The van der Waals surface area contributed by atoms with Crippen LogP contribution in [0.2, 0.25) is 0 Å². The Balaban J connectivity index is 1.95. The molecule has 1 aliphatic rings. The average Bonchev–Trinajstić information content (AvgIpc) is 2.87. The van der Waals surface area contributed by atoms with Crippen LogP contribution in [0.5, 0.6) is 0 Å². The van der Waals surface area contributed by atoms with Crippen LogP contribution in [0.15, 0.2) is 36.5 Å². The number of benzene rings is 1. The van der Waals surface area contributed by atoms with Crippen molar-refractivity contribution in [3.8, 4) is 0 Å². The summed E-state index contributed by atoms with van der Waals surface area (Å²) >= 11 is 0. The van der Waals surface area contributed by atoms with E-state index in [4.69, 9.17) is 0 Å². The maximum atomic E-state index is 10.9. The molecule has 0 bridgehead atoms. The van der Waals surface area contributed by atoms with E-state index in [1.54, 1.807) is 6.20 Å². The Morgan fingerprint density at radius 3 is 2.65 bits per heavy atom. The largest absolute Gasteiger partial charge is 0.386 e. The highest BCUT2D eigenvalue weighted by atomic mass is 16.3. The van der Waals surface area contributed by atoms with Crippen molar-refractivity contribution in [2.75, 3.05) is 0 Å². The van der Waals surface area contributed by atoms with Crippen molar-refractivity contribution < 1.29 is 5.11 Å². The molecule has 1 unspecified atom stereocenters. The molecule has 0 spiro atoms. The van der Waals surface area contributed by atoms with Gasteiger partial charge in [-0.1, -0.05) is 48.9 Å². The number of rotatable bonds is 5. The fraction of sp³-hybridized carbons (Fsp3) is 0.500. The highest BCUT2D eigenvalue weighted by Gasteiger charge is 2.46. The van der Waals surface area contributed by atoms with E-state index in [-0.39, 0.29) is 5.41 Å². The predicted molar refractivity (Wildman–Crippen MR) is 77.2 cm³/mol. The van der Waals surface area contributed by atoms with Gasteiger partial charge in [-0.2, -0.15) is 0 Å². The zero-order valence-electron chi connectivity index (χ0n) is 11.9. The summed E-state index contributed by atoms with van der Waals surface area (Å²) in [4.78, 5) is 0. The van der Waals surface area contributed by atoms with Gasteiger partial charge >= 0.3 is 0 Å². The normalized spacial score (nSPS) is 18.5. The summed E-state index contributed by atoms with van der Waals surface area (Å²) in [6.07, 6.45) is 5.39. The first-order valence-electron chi connectivity index (χ1n) is 7.40. The van der Waals surface area contributed by atoms with E-state index >= 15 is 0 Å². The van der Waals surface area contributed by atoms with Gasteiger partial charge in [-0.25, -0.2) is 4.68 Å². The fourth-order valence-corrected chi connectivity index (χ4v) is 3.19. The van der Waals surface area contributed by atoms with Crippen molar-refractivity contribution in [1.29, 1.82) is 0 Å². The second-order valence-corrected chi connectivity index (χ2v) is 5.66. The van der Waals surface area contributed by atoms with E-state index in [0.29, 0.717) is 0 Å². The van der Waals surface area contributed by atoms with Crippen LogP contribution in [0.4, 0.5) is 0 Å². The van der Waals surface area contributed by atoms with E-state index in [9.17, 15) is 5.11 Å². The molecule has 2 aromatic rings. The highest BCUT2D eigenvalue weighted by Crippen LogP contribution is 2.51. The van der Waals surface area contributed by atoms with Crippen molar-refractivity contribution in [3.05, 3.63) is 47.8 Å². The maximum absolute atomic E-state index is 10.9. The quantitative estimate of drug-likeness (QED) is 0.909. The second-order valence-electron chi connectivity index (χ2n) is 5.66. The van der Waals surface area contributed by atoms with Gasteiger partial charge in [-0.3, -0.25) is 0 Å². The topological polar surface area (TPSA) is 50.9 Å². The minimum atomic E-state index is -0.528. The van der Waals surface area contributed by atoms with Crippen LogP contribution in [-0.2, 0) is 12.0 Å². The molecule has 20 heavy (non-hydrogen) atoms. The molecular weight excluding hydrogens is 250 g/mol. The Labute approximate surface area is 119 Å². The molecule has 1 N–H and O–H groups in total. The van der Waals surface area contributed by atoms with Gasteiger partial charge in [0, 0.05) is 12.0 Å². The van der Waals surface area contributed by atoms with Gasteiger partial charge in [0.05, 0.1) is 11.9 Å². The number of hydrogen-bond acceptors (Lipinski definition) is 3. The van der Waals surface area contributed by atoms with Crippen molar-refractivity contribution in [1.82, 2.24) is 15.0 Å². The molecule has 1 aromatic heterocycles. The van der Waals surface area contributed by atoms with Gasteiger partial charge in [-0.05, 0) is 24.8 Å². The SMILES string of the molecule is CCCn1nncc1C(O)C1(c2ccccc2)CCC1. The standard InChI is InChI=1S/C16H21N3O/c1-2-11-19-14(12-17-18-19)15(20)16(9-6-10-16)13-7-4-3-5-8-13/h3-5,7-8,12,15,20H,2,6,9-11H2,1H3. The van der Waals surface area contributed by atoms with Crippen LogP contribution in [0.3, 0.4) is 0 Å². The lowest BCUT2D eigenvalue weighted by molar-refractivity contribution is 0.0204. The molecule has 106 valence electrons. The van der Waals surface area contributed by atoms with Crippen molar-refractivity contribution in [2.45, 2.75) is 50.7 Å². The first-order valence-corrected chi connectivity index (χ1v) is 7.40. The molecule has 1 atom stereocenters. The molecule has 1 aromatic carbocycles. The number of hydrogen-bond donors (Lipinski definition) is 1. The molecule has 0 amide bonds. The first-order chi connectivity index (χ1) is 9.78. The molecule has 1 saturated carbocycles. The molecule has 1 heterocycles. The van der Waals surface area contributed by atoms with Gasteiger partial charge in [0.2, 0.25) is 0 Å². The Hall–Kier alpha value is -1.68. The number of nitrogens with zero attached hydrogens (tertiary/aromatic N) is 3. The molecule has 0 saturated heterocycles. The Morgan fingerprint density at radius 2 is 2.05 bits per heavy atom. The van der Waals surface area contributed by atoms with Crippen molar-refractivity contribution in [2.24, 2.45) is 0 Å². The monoisotopic (exact) mass is 271 g/mol. The summed E-state index contributed by atoms with van der Waals surface area (Å²) in [5.41, 5.74) is 1.91. The van der Waals surface area contributed by atoms with Gasteiger partial charge in [-0.15, -0.1) is 5.10 Å². The summed E-state index contributed by atoms with van der Waals surface area (Å²) in [5.74, 6) is 0. The summed E-state index contributed by atoms with van der Waals surface area (Å²) < 4.78 is 1.84. The lowest BCUT2D eigenvalue weighted by Crippen LogP contribution is -2.41. The molecule has 3 rings (SSSR count). The third-order valence-corrected chi connectivity index (χ3v) is 4.48. The highest BCUT2D eigenvalue weighted by molar-refractivity contribution is 5.32. The number of aliphatic hydroxyl groups excluding tert-OH is 1. The summed E-state index contributed by atoms with van der Waals surface area (Å²) in [7, 11) is 0. The van der Waals surface area contributed by atoms with Crippen LogP contribution >= 0.6 is 0 Å².